The Balaban J connectivity index is 1.90. The molecule has 8 heteroatoms. The molecule has 1 amide bonds. The molecule has 1 aliphatic heterocycles. The first kappa shape index (κ1) is 20.1. The Morgan fingerprint density at radius 3 is 2.85 bits per heavy atom. The fourth-order valence-corrected chi connectivity index (χ4v) is 5.26. The number of benzene rings is 1. The van der Waals surface area contributed by atoms with E-state index in [1.807, 2.05) is 0 Å². The predicted octanol–water partition coefficient (Wildman–Crippen LogP) is 2.05. The molecular weight excluding hydrogens is 366 g/mol. The van der Waals surface area contributed by atoms with E-state index in [0.29, 0.717) is 30.5 Å². The number of rotatable bonds is 6. The topological polar surface area (TPSA) is 87.7 Å². The van der Waals surface area contributed by atoms with Gasteiger partial charge in [0.15, 0.2) is 0 Å². The molecule has 2 N–H and O–H groups in total. The zero-order valence-electron chi connectivity index (χ0n) is 16.2. The maximum Gasteiger partial charge on any atom is 0.246 e. The number of nitrogens with one attached hydrogen (secondary N) is 2. The van der Waals surface area contributed by atoms with Crippen LogP contribution in [0.25, 0.3) is 0 Å². The number of anilines is 1. The Kier molecular flexibility index (Phi) is 5.79. The van der Waals surface area contributed by atoms with Gasteiger partial charge in [-0.15, -0.1) is 0 Å². The number of ether oxygens (including phenoxy) is 1. The molecule has 1 aromatic rings. The van der Waals surface area contributed by atoms with Gasteiger partial charge in [0.25, 0.3) is 0 Å². The van der Waals surface area contributed by atoms with Crippen molar-refractivity contribution in [1.29, 1.82) is 0 Å². The van der Waals surface area contributed by atoms with E-state index >= 15 is 0 Å². The van der Waals surface area contributed by atoms with Crippen LogP contribution in [0.1, 0.15) is 32.6 Å². The van der Waals surface area contributed by atoms with E-state index in [1.54, 1.807) is 19.1 Å². The molecule has 7 nitrogen and oxygen atoms in total. The summed E-state index contributed by atoms with van der Waals surface area (Å²) in [6.07, 6.45) is 4.14. The van der Waals surface area contributed by atoms with Crippen molar-refractivity contribution in [1.82, 2.24) is 9.62 Å². The molecule has 0 spiro atoms. The number of amides is 1. The van der Waals surface area contributed by atoms with Gasteiger partial charge in [-0.05, 0) is 50.4 Å². The summed E-state index contributed by atoms with van der Waals surface area (Å²) in [5.41, 5.74) is 0.0896. The molecule has 2 fully saturated rings. The van der Waals surface area contributed by atoms with Crippen LogP contribution >= 0.6 is 0 Å². The number of hydrogen-bond donors (Lipinski definition) is 2. The van der Waals surface area contributed by atoms with Crippen LogP contribution in [0.4, 0.5) is 5.69 Å². The lowest BCUT2D eigenvalue weighted by Crippen LogP contribution is -2.44. The summed E-state index contributed by atoms with van der Waals surface area (Å²) in [6.45, 7) is 3.72. The minimum absolute atomic E-state index is 0.0189. The van der Waals surface area contributed by atoms with Crippen molar-refractivity contribution < 1.29 is 17.9 Å². The average molecular weight is 396 g/mol. The van der Waals surface area contributed by atoms with Crippen LogP contribution in [-0.2, 0) is 14.8 Å². The summed E-state index contributed by atoms with van der Waals surface area (Å²) in [5.74, 6) is 0.619. The van der Waals surface area contributed by atoms with Crippen LogP contribution in [0.5, 0.6) is 5.75 Å². The first-order valence-corrected chi connectivity index (χ1v) is 11.0. The van der Waals surface area contributed by atoms with Crippen molar-refractivity contribution in [2.75, 3.05) is 39.1 Å². The first-order valence-electron chi connectivity index (χ1n) is 9.53. The zero-order chi connectivity index (χ0) is 19.7. The summed E-state index contributed by atoms with van der Waals surface area (Å²) < 4.78 is 32.0. The minimum atomic E-state index is -3.69. The van der Waals surface area contributed by atoms with E-state index in [0.717, 1.165) is 36.5 Å². The molecule has 2 aliphatic rings. The number of nitrogens with zero attached hydrogens (tertiary/aromatic N) is 1. The lowest BCUT2D eigenvalue weighted by molar-refractivity contribution is -0.128. The molecule has 1 aliphatic carbocycles. The van der Waals surface area contributed by atoms with Gasteiger partial charge in [0.05, 0.1) is 12.0 Å². The van der Waals surface area contributed by atoms with Crippen molar-refractivity contribution in [2.24, 2.45) is 11.3 Å². The van der Waals surface area contributed by atoms with Crippen molar-refractivity contribution >= 4 is 21.6 Å². The summed E-state index contributed by atoms with van der Waals surface area (Å²) in [6, 6.07) is 4.81. The van der Waals surface area contributed by atoms with Gasteiger partial charge < -0.3 is 15.4 Å². The summed E-state index contributed by atoms with van der Waals surface area (Å²) >= 11 is 0. The minimum Gasteiger partial charge on any atom is -0.492 e. The molecule has 0 radical (unpaired) electrons. The van der Waals surface area contributed by atoms with Crippen LogP contribution in [0, 0.1) is 11.3 Å². The number of carbonyl (C=O) groups excluding carboxylic acids is 1. The number of fused-ring (bicyclic) bond motifs is 1. The summed E-state index contributed by atoms with van der Waals surface area (Å²) in [4.78, 5) is 13.2. The standard InChI is InChI=1S/C19H29N3O4S/c1-4-26-16-9-8-15(11-17(16)27(24,25)22(2)3)21-18(23)19-10-6-5-7-14(19)12-20-13-19/h8-9,11,14,20H,4-7,10,12-13H2,1-3H3,(H,21,23)/t14-,19+/m0/s1. The molecule has 27 heavy (non-hydrogen) atoms. The van der Waals surface area contributed by atoms with Gasteiger partial charge in [-0.2, -0.15) is 0 Å². The van der Waals surface area contributed by atoms with E-state index in [9.17, 15) is 13.2 Å². The van der Waals surface area contributed by atoms with E-state index in [-0.39, 0.29) is 10.8 Å². The highest BCUT2D eigenvalue weighted by atomic mass is 32.2. The van der Waals surface area contributed by atoms with E-state index in [1.165, 1.54) is 20.2 Å². The van der Waals surface area contributed by atoms with Crippen molar-refractivity contribution in [3.63, 3.8) is 0 Å². The van der Waals surface area contributed by atoms with Crippen molar-refractivity contribution in [3.8, 4) is 5.75 Å². The van der Waals surface area contributed by atoms with Gasteiger partial charge in [-0.1, -0.05) is 12.8 Å². The normalized spacial score (nSPS) is 25.3. The largest absolute Gasteiger partial charge is 0.492 e. The highest BCUT2D eigenvalue weighted by molar-refractivity contribution is 7.89. The van der Waals surface area contributed by atoms with Crippen molar-refractivity contribution in [3.05, 3.63) is 18.2 Å². The maximum atomic E-state index is 13.1. The molecule has 3 rings (SSSR count). The summed E-state index contributed by atoms with van der Waals surface area (Å²) in [7, 11) is -0.731. The Labute approximate surface area is 161 Å². The average Bonchev–Trinajstić information content (AvgIpc) is 3.08. The second-order valence-electron chi connectivity index (χ2n) is 7.57. The Hall–Kier alpha value is -1.64. The third-order valence-electron chi connectivity index (χ3n) is 5.75. The molecular formula is C19H29N3O4S. The molecule has 150 valence electrons. The quantitative estimate of drug-likeness (QED) is 0.770. The smallest absolute Gasteiger partial charge is 0.246 e. The fourth-order valence-electron chi connectivity index (χ4n) is 4.20. The zero-order valence-corrected chi connectivity index (χ0v) is 17.1. The Morgan fingerprint density at radius 2 is 2.15 bits per heavy atom. The molecule has 2 atom stereocenters. The molecule has 0 bridgehead atoms. The van der Waals surface area contributed by atoms with E-state index in [4.69, 9.17) is 4.74 Å². The SMILES string of the molecule is CCOc1ccc(NC(=O)[C@@]23CCCC[C@H]2CNC3)cc1S(=O)(=O)N(C)C. The number of hydrogen-bond acceptors (Lipinski definition) is 5. The monoisotopic (exact) mass is 395 g/mol. The lowest BCUT2D eigenvalue weighted by Gasteiger charge is -2.37. The van der Waals surface area contributed by atoms with E-state index in [2.05, 4.69) is 10.6 Å². The molecule has 1 aromatic carbocycles. The molecule has 0 unspecified atom stereocenters. The second-order valence-corrected chi connectivity index (χ2v) is 9.69. The third kappa shape index (κ3) is 3.70. The Morgan fingerprint density at radius 1 is 1.37 bits per heavy atom. The lowest BCUT2D eigenvalue weighted by atomic mass is 9.67. The van der Waals surface area contributed by atoms with Gasteiger partial charge >= 0.3 is 0 Å². The van der Waals surface area contributed by atoms with Crippen molar-refractivity contribution in [2.45, 2.75) is 37.5 Å². The van der Waals surface area contributed by atoms with Gasteiger partial charge in [0.2, 0.25) is 15.9 Å². The van der Waals surface area contributed by atoms with Crippen LogP contribution in [0.15, 0.2) is 23.1 Å². The van der Waals surface area contributed by atoms with E-state index < -0.39 is 15.4 Å². The third-order valence-corrected chi connectivity index (χ3v) is 7.59. The summed E-state index contributed by atoms with van der Waals surface area (Å²) in [5, 5.41) is 6.34. The number of sulfonamides is 1. The highest BCUT2D eigenvalue weighted by Crippen LogP contribution is 2.44. The fraction of sp³-hybridized carbons (Fsp3) is 0.632. The molecule has 1 saturated carbocycles. The van der Waals surface area contributed by atoms with Crippen LogP contribution in [0.2, 0.25) is 0 Å². The highest BCUT2D eigenvalue weighted by Gasteiger charge is 2.49. The van der Waals surface area contributed by atoms with Gasteiger partial charge in [-0.25, -0.2) is 12.7 Å². The Bertz CT molecular complexity index is 809. The molecule has 1 heterocycles. The van der Waals surface area contributed by atoms with Crippen LogP contribution in [-0.4, -0.2) is 52.4 Å². The van der Waals surface area contributed by atoms with Gasteiger partial charge in [0.1, 0.15) is 10.6 Å². The maximum absolute atomic E-state index is 13.1. The second kappa shape index (κ2) is 7.77. The number of carbonyl (C=O) groups is 1. The van der Waals surface area contributed by atoms with Crippen LogP contribution < -0.4 is 15.4 Å². The van der Waals surface area contributed by atoms with Gasteiger partial charge in [-0.3, -0.25) is 4.79 Å². The predicted molar refractivity (Wildman–Crippen MR) is 104 cm³/mol. The van der Waals surface area contributed by atoms with Crippen LogP contribution in [0.3, 0.4) is 0 Å². The van der Waals surface area contributed by atoms with Gasteiger partial charge in [0, 0.05) is 26.3 Å². The first-order chi connectivity index (χ1) is 12.8. The molecule has 0 aromatic heterocycles. The molecule has 1 saturated heterocycles.